The molecule has 0 aromatic heterocycles. The molecule has 5 rings (SSSR count). The van der Waals surface area contributed by atoms with E-state index >= 15 is 0 Å². The van der Waals surface area contributed by atoms with Crippen LogP contribution in [0.4, 0.5) is 0 Å². The minimum Gasteiger partial charge on any atom is -1.00 e. The molecule has 2 fully saturated rings. The second-order valence-electron chi connectivity index (χ2n) is 9.27. The van der Waals surface area contributed by atoms with Crippen molar-refractivity contribution in [2.75, 3.05) is 0 Å². The van der Waals surface area contributed by atoms with Gasteiger partial charge < -0.3 is 24.8 Å². The van der Waals surface area contributed by atoms with E-state index in [4.69, 9.17) is 0 Å². The van der Waals surface area contributed by atoms with E-state index in [-0.39, 0.29) is 30.2 Å². The van der Waals surface area contributed by atoms with Crippen molar-refractivity contribution in [2.45, 2.75) is 78.9 Å². The molecule has 159 valence electrons. The minimum atomic E-state index is -0.473. The van der Waals surface area contributed by atoms with Gasteiger partial charge in [-0.25, -0.2) is 0 Å². The van der Waals surface area contributed by atoms with Crippen LogP contribution < -0.4 is 24.8 Å². The molecule has 2 saturated carbocycles. The Morgan fingerprint density at radius 3 is 1.90 bits per heavy atom. The van der Waals surface area contributed by atoms with Crippen molar-refractivity contribution in [1.29, 1.82) is 0 Å². The van der Waals surface area contributed by atoms with Crippen LogP contribution in [0.5, 0.6) is 0 Å². The molecule has 0 radical (unpaired) electrons. The predicted octanol–water partition coefficient (Wildman–Crippen LogP) is 1.62. The molecule has 0 N–H and O–H groups in total. The van der Waals surface area contributed by atoms with Crippen LogP contribution in [0.2, 0.25) is 11.1 Å². The molecule has 0 heterocycles. The summed E-state index contributed by atoms with van der Waals surface area (Å²) in [6.45, 7) is 0. The summed E-state index contributed by atoms with van der Waals surface area (Å²) < 4.78 is 0.856. The summed E-state index contributed by atoms with van der Waals surface area (Å²) in [6.07, 6.45) is 27.5. The Bertz CT molecular complexity index is 797. The molecule has 4 aliphatic carbocycles. The molecule has 0 nitrogen and oxygen atoms in total. The van der Waals surface area contributed by atoms with Crippen molar-refractivity contribution in [3.8, 4) is 0 Å². The van der Waals surface area contributed by atoms with E-state index in [1.807, 2.05) is 0 Å². The first-order valence-corrected chi connectivity index (χ1v) is 18.4. The van der Waals surface area contributed by atoms with Gasteiger partial charge in [-0.2, -0.15) is 0 Å². The van der Waals surface area contributed by atoms with Crippen molar-refractivity contribution in [3.05, 3.63) is 65.3 Å². The van der Waals surface area contributed by atoms with E-state index in [0.29, 0.717) is 5.92 Å². The Hall–Kier alpha value is 0.120. The summed E-state index contributed by atoms with van der Waals surface area (Å²) in [5, 5.41) is 0. The largest absolute Gasteiger partial charge is 1.00 e. The third kappa shape index (κ3) is 5.36. The summed E-state index contributed by atoms with van der Waals surface area (Å²) in [4.78, 5) is 0. The van der Waals surface area contributed by atoms with E-state index in [1.54, 1.807) is 42.4 Å². The van der Waals surface area contributed by atoms with Gasteiger partial charge in [0.15, 0.2) is 0 Å². The Kier molecular flexibility index (Phi) is 9.76. The Morgan fingerprint density at radius 2 is 1.30 bits per heavy atom. The van der Waals surface area contributed by atoms with Gasteiger partial charge in [0.05, 0.1) is 0 Å². The summed E-state index contributed by atoms with van der Waals surface area (Å²) in [5.74, 6) is 0.583. The normalized spacial score (nSPS) is 23.9. The molecule has 0 aliphatic heterocycles. The third-order valence-corrected chi connectivity index (χ3v) is 23.2. The molecule has 0 saturated heterocycles. The molecule has 0 bridgehead atoms. The molecular weight excluding hydrogens is 503 g/mol. The first kappa shape index (κ1) is 24.8. The Balaban J connectivity index is 0.00000128. The van der Waals surface area contributed by atoms with E-state index in [2.05, 4.69) is 54.6 Å². The summed E-state index contributed by atoms with van der Waals surface area (Å²) in [5.41, 5.74) is 7.21. The molecule has 1 aromatic carbocycles. The number of fused-ring (bicyclic) bond motifs is 1. The van der Waals surface area contributed by atoms with Crippen molar-refractivity contribution >= 4 is 11.5 Å². The first-order valence-electron chi connectivity index (χ1n) is 11.7. The van der Waals surface area contributed by atoms with Crippen LogP contribution in [0.3, 0.4) is 0 Å². The number of rotatable bonds is 4. The van der Waals surface area contributed by atoms with Crippen molar-refractivity contribution in [3.63, 3.8) is 0 Å². The van der Waals surface area contributed by atoms with Gasteiger partial charge in [-0.05, 0) is 0 Å². The maximum Gasteiger partial charge on any atom is -1.00 e. The van der Waals surface area contributed by atoms with E-state index in [0.717, 1.165) is 14.7 Å². The van der Waals surface area contributed by atoms with Crippen LogP contribution in [-0.2, 0) is 21.9 Å². The Labute approximate surface area is 207 Å². The molecule has 1 aromatic rings. The van der Waals surface area contributed by atoms with Gasteiger partial charge in [0.25, 0.3) is 0 Å². The zero-order chi connectivity index (χ0) is 18.8. The first-order chi connectivity index (χ1) is 13.9. The van der Waals surface area contributed by atoms with E-state index in [9.17, 15) is 0 Å². The van der Waals surface area contributed by atoms with Gasteiger partial charge in [0.2, 0.25) is 0 Å². The van der Waals surface area contributed by atoms with Gasteiger partial charge in [0.1, 0.15) is 0 Å². The number of benzene rings is 1. The van der Waals surface area contributed by atoms with Crippen molar-refractivity contribution in [1.82, 2.24) is 0 Å². The standard InChI is InChI=1S/C14H11.C12H22Si.2ClH.Zr/c1-2-6-11(5-1)14-9-12-7-3-4-8-13(12)10-14;1-3-7-11(8-4-1)13-12-9-5-2-6-10-12;;;/h1-11H;11-12H,1-10H2;2*1H;/q;;;;+2/p-2. The predicted molar refractivity (Wildman–Crippen MR) is 118 cm³/mol. The summed E-state index contributed by atoms with van der Waals surface area (Å²) >= 11 is -0.473. The molecule has 0 spiro atoms. The number of hydrogen-bond donors (Lipinski definition) is 0. The van der Waals surface area contributed by atoms with Crippen LogP contribution >= 0.6 is 0 Å². The second kappa shape index (κ2) is 11.8. The van der Waals surface area contributed by atoms with Crippen LogP contribution in [0.15, 0.2) is 54.1 Å². The topological polar surface area (TPSA) is 0 Å². The summed E-state index contributed by atoms with van der Waals surface area (Å²) in [7, 11) is 0. The smallest absolute Gasteiger partial charge is 1.00 e. The monoisotopic (exact) mass is 533 g/mol. The second-order valence-corrected chi connectivity index (χ2v) is 19.9. The molecular formula is C26H33Cl2SiZr. The van der Waals surface area contributed by atoms with E-state index < -0.39 is 21.9 Å². The van der Waals surface area contributed by atoms with Crippen LogP contribution in [0, 0.1) is 5.92 Å². The quantitative estimate of drug-likeness (QED) is 0.515. The maximum atomic E-state index is 2.59. The zero-order valence-electron chi connectivity index (χ0n) is 17.8. The van der Waals surface area contributed by atoms with Crippen molar-refractivity contribution < 1.29 is 46.7 Å². The maximum absolute atomic E-state index is 2.59. The fourth-order valence-corrected chi connectivity index (χ4v) is 23.8. The fraction of sp³-hybridized carbons (Fsp3) is 0.538. The number of hydrogen-bond acceptors (Lipinski definition) is 0. The Morgan fingerprint density at radius 1 is 0.733 bits per heavy atom. The molecule has 4 aliphatic rings. The summed E-state index contributed by atoms with van der Waals surface area (Å²) in [6, 6.07) is 9.41. The van der Waals surface area contributed by atoms with Crippen LogP contribution in [0.25, 0.3) is 6.08 Å². The van der Waals surface area contributed by atoms with Gasteiger partial charge >= 0.3 is 183 Å². The van der Waals surface area contributed by atoms with Gasteiger partial charge in [-0.3, -0.25) is 0 Å². The van der Waals surface area contributed by atoms with Crippen LogP contribution in [0.1, 0.15) is 79.0 Å². The molecule has 4 heteroatoms. The SMILES string of the molecule is C1=CC(C2=Cc3ccccc3[CH]2[Zr+2]=[Si](C2CCCCC2)C2CCCCC2)C=C1.[Cl-].[Cl-]. The van der Waals surface area contributed by atoms with Crippen molar-refractivity contribution in [2.24, 2.45) is 5.92 Å². The molecule has 1 unspecified atom stereocenters. The van der Waals surface area contributed by atoms with Gasteiger partial charge in [-0.15, -0.1) is 0 Å². The number of halogens is 2. The average molecular weight is 536 g/mol. The zero-order valence-corrected chi connectivity index (χ0v) is 22.8. The van der Waals surface area contributed by atoms with Gasteiger partial charge in [-0.1, -0.05) is 0 Å². The molecule has 1 atom stereocenters. The minimum absolute atomic E-state index is 0. The third-order valence-electron chi connectivity index (χ3n) is 7.50. The molecule has 0 amide bonds. The molecule has 30 heavy (non-hydrogen) atoms. The van der Waals surface area contributed by atoms with E-state index in [1.165, 1.54) is 38.5 Å². The average Bonchev–Trinajstić information content (AvgIpc) is 3.41. The fourth-order valence-electron chi connectivity index (χ4n) is 6.01. The van der Waals surface area contributed by atoms with Gasteiger partial charge in [0, 0.05) is 0 Å². The van der Waals surface area contributed by atoms with Crippen LogP contribution in [-0.4, -0.2) is 5.43 Å². The number of allylic oxidation sites excluding steroid dienone is 5.